The van der Waals surface area contributed by atoms with E-state index in [9.17, 15) is 0 Å². The zero-order valence-electron chi connectivity index (χ0n) is 17.8. The van der Waals surface area contributed by atoms with Gasteiger partial charge in [-0.25, -0.2) is 4.98 Å². The van der Waals surface area contributed by atoms with Crippen molar-refractivity contribution in [3.63, 3.8) is 0 Å². The number of hydrogen-bond donors (Lipinski definition) is 2. The van der Waals surface area contributed by atoms with Gasteiger partial charge in [-0.1, -0.05) is 30.3 Å². The Morgan fingerprint density at radius 1 is 1.29 bits per heavy atom. The highest BCUT2D eigenvalue weighted by molar-refractivity contribution is 14.0. The lowest BCUT2D eigenvalue weighted by atomic mass is 10.0. The van der Waals surface area contributed by atoms with E-state index in [2.05, 4.69) is 84.9 Å². The van der Waals surface area contributed by atoms with Crippen molar-refractivity contribution in [2.75, 3.05) is 20.1 Å². The Morgan fingerprint density at radius 2 is 1.96 bits per heavy atom. The number of guanidine groups is 1. The minimum Gasteiger partial charge on any atom is -0.357 e. The Hall–Kier alpha value is -1.19. The van der Waals surface area contributed by atoms with E-state index in [0.29, 0.717) is 6.54 Å². The monoisotopic (exact) mass is 515 g/mol. The highest BCUT2D eigenvalue weighted by Crippen LogP contribution is 2.16. The van der Waals surface area contributed by atoms with Crippen molar-refractivity contribution in [1.29, 1.82) is 0 Å². The number of hydrogen-bond acceptors (Lipinski definition) is 4. The number of benzene rings is 1. The minimum atomic E-state index is -0.117. The van der Waals surface area contributed by atoms with Crippen LogP contribution in [0.1, 0.15) is 50.0 Å². The summed E-state index contributed by atoms with van der Waals surface area (Å²) in [4.78, 5) is 11.6. The molecule has 0 aliphatic carbocycles. The Labute approximate surface area is 191 Å². The smallest absolute Gasteiger partial charge is 0.194 e. The maximum Gasteiger partial charge on any atom is 0.194 e. The van der Waals surface area contributed by atoms with Gasteiger partial charge in [0.05, 0.1) is 23.8 Å². The molecule has 156 valence electrons. The molecule has 1 aromatic heterocycles. The molecule has 1 atom stereocenters. The third-order valence-electron chi connectivity index (χ3n) is 4.29. The quantitative estimate of drug-likeness (QED) is 0.307. The summed E-state index contributed by atoms with van der Waals surface area (Å²) < 4.78 is 0. The predicted octanol–water partition coefficient (Wildman–Crippen LogP) is 4.60. The first kappa shape index (κ1) is 24.8. The Balaban J connectivity index is 0.00000392. The van der Waals surface area contributed by atoms with Crippen LogP contribution in [0.2, 0.25) is 0 Å². The van der Waals surface area contributed by atoms with Crippen molar-refractivity contribution in [2.45, 2.75) is 52.7 Å². The van der Waals surface area contributed by atoms with E-state index in [-0.39, 0.29) is 35.6 Å². The van der Waals surface area contributed by atoms with E-state index < -0.39 is 0 Å². The molecule has 0 spiro atoms. The van der Waals surface area contributed by atoms with Gasteiger partial charge in [-0.2, -0.15) is 0 Å². The van der Waals surface area contributed by atoms with Crippen molar-refractivity contribution in [1.82, 2.24) is 20.5 Å². The second kappa shape index (κ2) is 11.7. The van der Waals surface area contributed by atoms with Crippen LogP contribution in [0.3, 0.4) is 0 Å². The van der Waals surface area contributed by atoms with Crippen LogP contribution in [0.4, 0.5) is 0 Å². The van der Waals surface area contributed by atoms with Crippen LogP contribution in [0.5, 0.6) is 0 Å². The first-order valence-electron chi connectivity index (χ1n) is 9.54. The number of aryl methyl sites for hydroxylation is 1. The molecule has 2 N–H and O–H groups in total. The summed E-state index contributed by atoms with van der Waals surface area (Å²) in [7, 11) is 2.06. The van der Waals surface area contributed by atoms with Crippen molar-refractivity contribution in [2.24, 2.45) is 4.99 Å². The van der Waals surface area contributed by atoms with Gasteiger partial charge in [-0.3, -0.25) is 4.99 Å². The Kier molecular flexibility index (Phi) is 10.4. The van der Waals surface area contributed by atoms with Crippen molar-refractivity contribution in [3.05, 3.63) is 52.0 Å². The van der Waals surface area contributed by atoms with E-state index in [4.69, 9.17) is 4.99 Å². The fourth-order valence-electron chi connectivity index (χ4n) is 3.00. The van der Waals surface area contributed by atoms with E-state index in [0.717, 1.165) is 29.8 Å². The van der Waals surface area contributed by atoms with Gasteiger partial charge in [0.15, 0.2) is 5.96 Å². The highest BCUT2D eigenvalue weighted by atomic mass is 127. The number of nitrogens with one attached hydrogen (secondary N) is 2. The van der Waals surface area contributed by atoms with E-state index in [1.54, 1.807) is 11.3 Å². The molecular weight excluding hydrogens is 481 g/mol. The van der Waals surface area contributed by atoms with Crippen molar-refractivity contribution in [3.8, 4) is 0 Å². The van der Waals surface area contributed by atoms with Gasteiger partial charge in [0.2, 0.25) is 0 Å². The second-order valence-corrected chi connectivity index (χ2v) is 8.61. The zero-order chi connectivity index (χ0) is 19.9. The van der Waals surface area contributed by atoms with Crippen LogP contribution in [0, 0.1) is 6.92 Å². The van der Waals surface area contributed by atoms with Gasteiger partial charge in [0.25, 0.3) is 0 Å². The summed E-state index contributed by atoms with van der Waals surface area (Å²) in [6, 6.07) is 10.8. The van der Waals surface area contributed by atoms with Gasteiger partial charge in [-0.05, 0) is 40.2 Å². The number of rotatable bonds is 8. The van der Waals surface area contributed by atoms with Crippen LogP contribution >= 0.6 is 35.3 Å². The molecule has 0 radical (unpaired) electrons. The predicted molar refractivity (Wildman–Crippen MR) is 132 cm³/mol. The van der Waals surface area contributed by atoms with Crippen LogP contribution < -0.4 is 10.6 Å². The SMILES string of the molecule is CCNC(=NCC(C)(C)NC(C)c1ccccc1)N(C)Cc1csc(C)n1.I. The number of thiazole rings is 1. The molecule has 0 bridgehead atoms. The standard InChI is InChI=1S/C21H33N5S.HI/c1-7-22-20(26(6)13-19-14-27-17(3)24-19)23-15-21(4,5)25-16(2)18-11-9-8-10-12-18;/h8-12,14,16,25H,7,13,15H2,1-6H3,(H,22,23);1H. The van der Waals surface area contributed by atoms with E-state index in [1.807, 2.05) is 13.0 Å². The lowest BCUT2D eigenvalue weighted by molar-refractivity contribution is 0.354. The van der Waals surface area contributed by atoms with E-state index >= 15 is 0 Å². The minimum absolute atomic E-state index is 0. The van der Waals surface area contributed by atoms with Crippen LogP contribution in [-0.2, 0) is 6.54 Å². The molecule has 0 aliphatic heterocycles. The summed E-state index contributed by atoms with van der Waals surface area (Å²) in [5.74, 6) is 0.908. The third kappa shape index (κ3) is 8.05. The molecule has 7 heteroatoms. The first-order valence-corrected chi connectivity index (χ1v) is 10.4. The second-order valence-electron chi connectivity index (χ2n) is 7.54. The molecule has 28 heavy (non-hydrogen) atoms. The maximum atomic E-state index is 4.88. The molecule has 1 aromatic carbocycles. The van der Waals surface area contributed by atoms with Gasteiger partial charge >= 0.3 is 0 Å². The topological polar surface area (TPSA) is 52.6 Å². The van der Waals surface area contributed by atoms with E-state index in [1.165, 1.54) is 5.56 Å². The first-order chi connectivity index (χ1) is 12.8. The number of halogens is 1. The summed E-state index contributed by atoms with van der Waals surface area (Å²) in [6.45, 7) is 13.0. The third-order valence-corrected chi connectivity index (χ3v) is 5.12. The highest BCUT2D eigenvalue weighted by Gasteiger charge is 2.21. The number of nitrogens with zero attached hydrogens (tertiary/aromatic N) is 3. The molecule has 2 rings (SSSR count). The largest absolute Gasteiger partial charge is 0.357 e. The normalized spacial score (nSPS) is 13.0. The Morgan fingerprint density at radius 3 is 2.54 bits per heavy atom. The molecule has 1 unspecified atom stereocenters. The van der Waals surface area contributed by atoms with Crippen molar-refractivity contribution >= 4 is 41.3 Å². The van der Waals surface area contributed by atoms with Crippen LogP contribution in [0.15, 0.2) is 40.7 Å². The molecule has 0 amide bonds. The molecule has 1 heterocycles. The van der Waals surface area contributed by atoms with Gasteiger partial charge in [0.1, 0.15) is 0 Å². The molecule has 0 saturated heterocycles. The summed E-state index contributed by atoms with van der Waals surface area (Å²) in [5, 5.41) is 10.3. The fraction of sp³-hybridized carbons (Fsp3) is 0.524. The lowest BCUT2D eigenvalue weighted by Gasteiger charge is -2.30. The Bertz CT molecular complexity index is 729. The fourth-order valence-corrected chi connectivity index (χ4v) is 3.60. The molecule has 5 nitrogen and oxygen atoms in total. The molecular formula is C21H34IN5S. The van der Waals surface area contributed by atoms with Gasteiger partial charge in [-0.15, -0.1) is 35.3 Å². The average molecular weight is 516 g/mol. The molecule has 0 aliphatic rings. The zero-order valence-corrected chi connectivity index (χ0v) is 21.0. The number of aromatic nitrogens is 1. The lowest BCUT2D eigenvalue weighted by Crippen LogP contribution is -2.45. The van der Waals surface area contributed by atoms with Crippen LogP contribution in [0.25, 0.3) is 0 Å². The summed E-state index contributed by atoms with van der Waals surface area (Å²) >= 11 is 1.69. The summed E-state index contributed by atoms with van der Waals surface area (Å²) in [6.07, 6.45) is 0. The number of aliphatic imine (C=N–C) groups is 1. The summed E-state index contributed by atoms with van der Waals surface area (Å²) in [5.41, 5.74) is 2.26. The van der Waals surface area contributed by atoms with Crippen molar-refractivity contribution < 1.29 is 0 Å². The van der Waals surface area contributed by atoms with Crippen LogP contribution in [-0.4, -0.2) is 41.5 Å². The van der Waals surface area contributed by atoms with Gasteiger partial charge < -0.3 is 15.5 Å². The molecule has 2 aromatic rings. The maximum absolute atomic E-state index is 4.88. The van der Waals surface area contributed by atoms with Gasteiger partial charge in [0, 0.05) is 30.6 Å². The average Bonchev–Trinajstić information content (AvgIpc) is 3.03. The molecule has 0 saturated carbocycles. The molecule has 0 fully saturated rings.